The molecule has 0 radical (unpaired) electrons. The van der Waals surface area contributed by atoms with Crippen molar-refractivity contribution in [3.8, 4) is 0 Å². The number of likely N-dealkylation sites (N-methyl/N-ethyl adjacent to an activating group) is 1. The third-order valence-corrected chi connectivity index (χ3v) is 14.6. The van der Waals surface area contributed by atoms with Crippen LogP contribution in [0.25, 0.3) is 0 Å². The van der Waals surface area contributed by atoms with Gasteiger partial charge in [-0.25, -0.2) is 0 Å². The number of unbranched alkanes of at least 4 members (excludes halogenated alkanes) is 33. The molecule has 3 atom stereocenters. The zero-order valence-corrected chi connectivity index (χ0v) is 49.5. The van der Waals surface area contributed by atoms with E-state index in [1.54, 1.807) is 6.08 Å². The number of phosphoric ester groups is 1. The summed E-state index contributed by atoms with van der Waals surface area (Å²) in [6.45, 7) is 4.48. The van der Waals surface area contributed by atoms with Crippen LogP contribution in [0.5, 0.6) is 0 Å². The van der Waals surface area contributed by atoms with Crippen molar-refractivity contribution in [2.24, 2.45) is 0 Å². The van der Waals surface area contributed by atoms with Crippen molar-refractivity contribution in [3.05, 3.63) is 72.9 Å². The molecule has 3 unspecified atom stereocenters. The zero-order valence-electron chi connectivity index (χ0n) is 48.6. The predicted octanol–water partition coefficient (Wildman–Crippen LogP) is 18.4. The summed E-state index contributed by atoms with van der Waals surface area (Å²) in [5.74, 6) is -0.206. The number of rotatable bonds is 56. The number of aliphatic hydroxyl groups excluding tert-OH is 1. The molecule has 0 saturated carbocycles. The third-order valence-electron chi connectivity index (χ3n) is 13.7. The fourth-order valence-electron chi connectivity index (χ4n) is 8.87. The number of phosphoric acid groups is 1. The molecule has 0 aliphatic heterocycles. The number of carbonyl (C=O) groups is 1. The van der Waals surface area contributed by atoms with Crippen molar-refractivity contribution in [2.45, 2.75) is 289 Å². The van der Waals surface area contributed by atoms with E-state index in [-0.39, 0.29) is 12.5 Å². The summed E-state index contributed by atoms with van der Waals surface area (Å²) in [7, 11) is 1.25. The fraction of sp³-hybridized carbons (Fsp3) is 0.797. The maximum absolute atomic E-state index is 12.9. The molecule has 0 aromatic carbocycles. The van der Waals surface area contributed by atoms with Gasteiger partial charge in [0.2, 0.25) is 5.91 Å². The van der Waals surface area contributed by atoms with Crippen LogP contribution in [0.2, 0.25) is 0 Å². The Morgan fingerprint density at radius 2 is 0.849 bits per heavy atom. The normalized spacial score (nSPS) is 14.3. The number of quaternary nitrogens is 1. The van der Waals surface area contributed by atoms with Gasteiger partial charge in [-0.2, -0.15) is 0 Å². The molecule has 1 amide bonds. The monoisotopic (exact) mass is 1040 g/mol. The van der Waals surface area contributed by atoms with Crippen LogP contribution < -0.4 is 10.2 Å². The smallest absolute Gasteiger partial charge is 0.268 e. The van der Waals surface area contributed by atoms with E-state index in [1.807, 2.05) is 27.2 Å². The maximum Gasteiger partial charge on any atom is 0.268 e. The Morgan fingerprint density at radius 3 is 1.27 bits per heavy atom. The number of amides is 1. The first-order chi connectivity index (χ1) is 35.5. The van der Waals surface area contributed by atoms with Crippen LogP contribution in [-0.2, 0) is 18.4 Å². The second-order valence-electron chi connectivity index (χ2n) is 22.0. The summed E-state index contributed by atoms with van der Waals surface area (Å²) >= 11 is 0. The van der Waals surface area contributed by atoms with Gasteiger partial charge in [0.15, 0.2) is 0 Å². The van der Waals surface area contributed by atoms with Gasteiger partial charge in [0.1, 0.15) is 13.2 Å². The maximum atomic E-state index is 12.9. The first-order valence-electron chi connectivity index (χ1n) is 30.8. The molecule has 0 aliphatic rings. The summed E-state index contributed by atoms with van der Waals surface area (Å²) < 4.78 is 23.2. The lowest BCUT2D eigenvalue weighted by atomic mass is 10.0. The number of carbonyl (C=O) groups excluding carboxylic acids is 1. The third kappa shape index (κ3) is 57.5. The molecule has 0 aromatic rings. The minimum atomic E-state index is -4.60. The molecule has 0 fully saturated rings. The summed E-state index contributed by atoms with van der Waals surface area (Å²) in [6, 6.07) is -0.901. The number of aliphatic hydroxyl groups is 1. The standard InChI is InChI=1S/C64H119N2O6P/c1-6-8-10-12-14-16-18-19-20-21-22-23-24-25-26-27-28-29-30-31-32-33-34-35-36-37-38-39-40-41-42-43-44-45-46-47-48-50-52-54-56-58-64(68)65-62(61-72-73(69,70)71-60-59-66(3,4)5)63(67)57-55-53-51-49-17-15-13-11-9-7-2/h8,10,14,16-17,19-20,22-23,49,55,57,62-63,67H,6-7,9,11-13,15,18,21,24-48,50-54,56,58-61H2,1-5H3,(H-,65,68,69,70)/b10-8-,16-14-,20-19-,23-22-,49-17+,57-55+. The molecule has 0 aromatic heterocycles. The molecule has 0 bridgehead atoms. The first kappa shape index (κ1) is 70.9. The Bertz CT molecular complexity index is 1420. The molecule has 0 saturated heterocycles. The van der Waals surface area contributed by atoms with Gasteiger partial charge in [0.25, 0.3) is 7.82 Å². The summed E-state index contributed by atoms with van der Waals surface area (Å²) in [5, 5.41) is 13.8. The lowest BCUT2D eigenvalue weighted by Gasteiger charge is -2.29. The number of allylic oxidation sites excluding steroid dienone is 11. The van der Waals surface area contributed by atoms with E-state index in [1.165, 1.54) is 193 Å². The Morgan fingerprint density at radius 1 is 0.493 bits per heavy atom. The van der Waals surface area contributed by atoms with Crippen molar-refractivity contribution in [2.75, 3.05) is 40.9 Å². The van der Waals surface area contributed by atoms with Gasteiger partial charge in [-0.15, -0.1) is 0 Å². The molecule has 0 rings (SSSR count). The topological polar surface area (TPSA) is 108 Å². The van der Waals surface area contributed by atoms with Gasteiger partial charge >= 0.3 is 0 Å². The number of nitrogens with one attached hydrogen (secondary N) is 1. The molecule has 2 N–H and O–H groups in total. The van der Waals surface area contributed by atoms with Crippen LogP contribution in [0.15, 0.2) is 72.9 Å². The van der Waals surface area contributed by atoms with Gasteiger partial charge in [-0.05, 0) is 70.6 Å². The second kappa shape index (κ2) is 54.7. The van der Waals surface area contributed by atoms with E-state index < -0.39 is 26.6 Å². The quantitative estimate of drug-likeness (QED) is 0.0272. The highest BCUT2D eigenvalue weighted by Gasteiger charge is 2.23. The predicted molar refractivity (Wildman–Crippen MR) is 316 cm³/mol. The lowest BCUT2D eigenvalue weighted by molar-refractivity contribution is -0.870. The molecular formula is C64H119N2O6P. The fourth-order valence-corrected chi connectivity index (χ4v) is 9.59. The molecule has 0 spiro atoms. The average Bonchev–Trinajstić information content (AvgIpc) is 3.35. The van der Waals surface area contributed by atoms with Crippen LogP contribution in [0.4, 0.5) is 0 Å². The summed E-state index contributed by atoms with van der Waals surface area (Å²) in [6.07, 6.45) is 76.1. The number of hydrogen-bond donors (Lipinski definition) is 2. The van der Waals surface area contributed by atoms with E-state index in [4.69, 9.17) is 9.05 Å². The largest absolute Gasteiger partial charge is 0.756 e. The Balaban J connectivity index is 3.80. The van der Waals surface area contributed by atoms with E-state index in [0.717, 1.165) is 64.2 Å². The van der Waals surface area contributed by atoms with Crippen molar-refractivity contribution < 1.29 is 32.9 Å². The summed E-state index contributed by atoms with van der Waals surface area (Å²) in [5.41, 5.74) is 0. The highest BCUT2D eigenvalue weighted by molar-refractivity contribution is 7.45. The molecule has 9 heteroatoms. The highest BCUT2D eigenvalue weighted by atomic mass is 31.2. The molecule has 426 valence electrons. The van der Waals surface area contributed by atoms with Crippen molar-refractivity contribution in [1.29, 1.82) is 0 Å². The van der Waals surface area contributed by atoms with Crippen LogP contribution in [0.3, 0.4) is 0 Å². The Hall–Kier alpha value is -2.06. The van der Waals surface area contributed by atoms with Crippen molar-refractivity contribution >= 4 is 13.7 Å². The van der Waals surface area contributed by atoms with Gasteiger partial charge in [-0.1, -0.05) is 273 Å². The molecule has 73 heavy (non-hydrogen) atoms. The highest BCUT2D eigenvalue weighted by Crippen LogP contribution is 2.38. The van der Waals surface area contributed by atoms with Crippen molar-refractivity contribution in [1.82, 2.24) is 5.32 Å². The molecular weight excluding hydrogens is 924 g/mol. The van der Waals surface area contributed by atoms with Crippen LogP contribution in [-0.4, -0.2) is 68.5 Å². The summed E-state index contributed by atoms with van der Waals surface area (Å²) in [4.78, 5) is 25.4. The SMILES string of the molecule is CC/C=C\C/C=C\C/C=C\C/C=C\CCCCCCCCCCCCCCCCCCCCCCCCCCCCCCC(=O)NC(COP(=O)([O-])OCC[N+](C)(C)C)C(O)/C=C/CC/C=C/CCCCCC. The Kier molecular flexibility index (Phi) is 53.2. The van der Waals surface area contributed by atoms with Gasteiger partial charge < -0.3 is 28.8 Å². The van der Waals surface area contributed by atoms with E-state index in [9.17, 15) is 19.4 Å². The van der Waals surface area contributed by atoms with Crippen LogP contribution >= 0.6 is 7.82 Å². The lowest BCUT2D eigenvalue weighted by Crippen LogP contribution is -2.45. The number of nitrogens with zero attached hydrogens (tertiary/aromatic N) is 1. The van der Waals surface area contributed by atoms with E-state index in [2.05, 4.69) is 79.9 Å². The zero-order chi connectivity index (χ0) is 53.5. The van der Waals surface area contributed by atoms with Gasteiger partial charge in [-0.3, -0.25) is 9.36 Å². The van der Waals surface area contributed by atoms with Gasteiger partial charge in [0.05, 0.1) is 39.9 Å². The number of hydrogen-bond acceptors (Lipinski definition) is 6. The van der Waals surface area contributed by atoms with Gasteiger partial charge in [0, 0.05) is 6.42 Å². The minimum Gasteiger partial charge on any atom is -0.756 e. The van der Waals surface area contributed by atoms with Crippen LogP contribution in [0.1, 0.15) is 277 Å². The average molecular weight is 1040 g/mol. The molecule has 0 heterocycles. The Labute approximate surface area is 453 Å². The molecule has 0 aliphatic carbocycles. The van der Waals surface area contributed by atoms with E-state index >= 15 is 0 Å². The minimum absolute atomic E-state index is 0.00638. The molecule has 8 nitrogen and oxygen atoms in total. The van der Waals surface area contributed by atoms with Crippen LogP contribution in [0, 0.1) is 0 Å². The first-order valence-corrected chi connectivity index (χ1v) is 32.3. The van der Waals surface area contributed by atoms with E-state index in [0.29, 0.717) is 17.4 Å². The van der Waals surface area contributed by atoms with Crippen molar-refractivity contribution in [3.63, 3.8) is 0 Å². The second-order valence-corrected chi connectivity index (χ2v) is 23.4.